The van der Waals surface area contributed by atoms with E-state index in [1.54, 1.807) is 22.8 Å². The van der Waals surface area contributed by atoms with Crippen molar-refractivity contribution >= 4 is 16.7 Å². The van der Waals surface area contributed by atoms with Gasteiger partial charge in [0.05, 0.1) is 23.2 Å². The van der Waals surface area contributed by atoms with Crippen LogP contribution in [0, 0.1) is 6.57 Å². The SMILES string of the molecule is [C-]#[N+]c1ccc2nc(-c3cncnc3C(F)F)n(CC)c2c1. The second kappa shape index (κ2) is 5.48. The molecular weight excluding hydrogens is 288 g/mol. The molecule has 0 saturated carbocycles. The van der Waals surface area contributed by atoms with Crippen LogP contribution in [0.2, 0.25) is 0 Å². The summed E-state index contributed by atoms with van der Waals surface area (Å²) in [7, 11) is 0. The molecule has 5 nitrogen and oxygen atoms in total. The lowest BCUT2D eigenvalue weighted by Crippen LogP contribution is -2.02. The molecule has 22 heavy (non-hydrogen) atoms. The van der Waals surface area contributed by atoms with Crippen LogP contribution in [0.15, 0.2) is 30.7 Å². The number of hydrogen-bond donors (Lipinski definition) is 0. The molecule has 0 radical (unpaired) electrons. The van der Waals surface area contributed by atoms with E-state index in [0.717, 1.165) is 11.8 Å². The van der Waals surface area contributed by atoms with Crippen molar-refractivity contribution in [2.75, 3.05) is 0 Å². The van der Waals surface area contributed by atoms with Crippen molar-refractivity contribution in [3.05, 3.63) is 47.8 Å². The van der Waals surface area contributed by atoms with Gasteiger partial charge in [0, 0.05) is 12.7 Å². The third kappa shape index (κ3) is 2.19. The molecule has 0 saturated heterocycles. The summed E-state index contributed by atoms with van der Waals surface area (Å²) in [5.41, 5.74) is 1.72. The predicted octanol–water partition coefficient (Wildman–Crippen LogP) is 4.00. The lowest BCUT2D eigenvalue weighted by molar-refractivity contribution is 0.146. The Kier molecular flexibility index (Phi) is 3.51. The van der Waals surface area contributed by atoms with E-state index in [2.05, 4.69) is 19.8 Å². The van der Waals surface area contributed by atoms with Gasteiger partial charge in [0.15, 0.2) is 5.69 Å². The maximum atomic E-state index is 13.2. The van der Waals surface area contributed by atoms with Crippen molar-refractivity contribution in [1.82, 2.24) is 19.5 Å². The molecule has 0 amide bonds. The Morgan fingerprint density at radius 2 is 2.18 bits per heavy atom. The van der Waals surface area contributed by atoms with Crippen LogP contribution in [0.25, 0.3) is 27.3 Å². The van der Waals surface area contributed by atoms with E-state index in [9.17, 15) is 8.78 Å². The maximum Gasteiger partial charge on any atom is 0.281 e. The molecule has 0 fully saturated rings. The smallest absolute Gasteiger partial charge is 0.281 e. The third-order valence-electron chi connectivity index (χ3n) is 3.37. The van der Waals surface area contributed by atoms with Crippen molar-refractivity contribution in [3.8, 4) is 11.4 Å². The number of fused-ring (bicyclic) bond motifs is 1. The summed E-state index contributed by atoms with van der Waals surface area (Å²) < 4.78 is 28.1. The summed E-state index contributed by atoms with van der Waals surface area (Å²) in [4.78, 5) is 15.3. The molecule has 2 heterocycles. The number of imidazole rings is 1. The first-order chi connectivity index (χ1) is 10.7. The lowest BCUT2D eigenvalue weighted by atomic mass is 10.2. The van der Waals surface area contributed by atoms with Gasteiger partial charge in [-0.15, -0.1) is 0 Å². The highest BCUT2D eigenvalue weighted by atomic mass is 19.3. The fraction of sp³-hybridized carbons (Fsp3) is 0.200. The highest BCUT2D eigenvalue weighted by Gasteiger charge is 2.21. The van der Waals surface area contributed by atoms with Gasteiger partial charge >= 0.3 is 0 Å². The molecule has 1 aromatic carbocycles. The van der Waals surface area contributed by atoms with E-state index in [-0.39, 0.29) is 11.3 Å². The molecule has 0 aliphatic rings. The highest BCUT2D eigenvalue weighted by molar-refractivity contribution is 5.84. The number of alkyl halides is 2. The van der Waals surface area contributed by atoms with Gasteiger partial charge in [-0.1, -0.05) is 6.07 Å². The molecule has 2 aromatic heterocycles. The van der Waals surface area contributed by atoms with Crippen LogP contribution in [0.3, 0.4) is 0 Å². The van der Waals surface area contributed by atoms with Crippen molar-refractivity contribution in [1.29, 1.82) is 0 Å². The van der Waals surface area contributed by atoms with Gasteiger partial charge < -0.3 is 4.57 Å². The number of rotatable bonds is 3. The van der Waals surface area contributed by atoms with Gasteiger partial charge in [-0.05, 0) is 19.1 Å². The van der Waals surface area contributed by atoms with Crippen LogP contribution in [0.4, 0.5) is 14.5 Å². The van der Waals surface area contributed by atoms with E-state index in [0.29, 0.717) is 23.6 Å². The Balaban J connectivity index is 2.30. The van der Waals surface area contributed by atoms with Gasteiger partial charge in [-0.2, -0.15) is 0 Å². The summed E-state index contributed by atoms with van der Waals surface area (Å²) >= 11 is 0. The van der Waals surface area contributed by atoms with Crippen LogP contribution >= 0.6 is 0 Å². The maximum absolute atomic E-state index is 13.2. The number of nitrogens with zero attached hydrogens (tertiary/aromatic N) is 5. The summed E-state index contributed by atoms with van der Waals surface area (Å²) in [6, 6.07) is 5.07. The lowest BCUT2D eigenvalue weighted by Gasteiger charge is -2.09. The van der Waals surface area contributed by atoms with Crippen molar-refractivity contribution in [3.63, 3.8) is 0 Å². The van der Waals surface area contributed by atoms with Gasteiger partial charge in [-0.3, -0.25) is 0 Å². The van der Waals surface area contributed by atoms with Gasteiger partial charge in [0.1, 0.15) is 17.8 Å². The van der Waals surface area contributed by atoms with Crippen molar-refractivity contribution in [2.24, 2.45) is 0 Å². The Morgan fingerprint density at radius 1 is 1.36 bits per heavy atom. The standard InChI is InChI=1S/C15H11F2N5/c1-3-22-12-6-9(18-2)4-5-11(12)21-15(22)10-7-19-8-20-13(10)14(16)17/h4-8,14H,3H2,1H3. The molecule has 3 rings (SSSR count). The molecule has 7 heteroatoms. The molecule has 110 valence electrons. The summed E-state index contributed by atoms with van der Waals surface area (Å²) in [6.07, 6.45) is -0.263. The Morgan fingerprint density at radius 3 is 2.86 bits per heavy atom. The fourth-order valence-electron chi connectivity index (χ4n) is 2.39. The molecule has 0 atom stereocenters. The number of aryl methyl sites for hydroxylation is 1. The first-order valence-corrected chi connectivity index (χ1v) is 6.61. The second-order valence-corrected chi connectivity index (χ2v) is 4.59. The summed E-state index contributed by atoms with van der Waals surface area (Å²) in [6.45, 7) is 9.51. The average molecular weight is 299 g/mol. The number of halogens is 2. The van der Waals surface area contributed by atoms with Crippen LogP contribution in [0.1, 0.15) is 19.0 Å². The van der Waals surface area contributed by atoms with Crippen LogP contribution < -0.4 is 0 Å². The average Bonchev–Trinajstić information content (AvgIpc) is 2.92. The van der Waals surface area contributed by atoms with E-state index in [1.165, 1.54) is 6.20 Å². The molecule has 3 aromatic rings. The van der Waals surface area contributed by atoms with Crippen molar-refractivity contribution < 1.29 is 8.78 Å². The minimum absolute atomic E-state index is 0.208. The minimum Gasteiger partial charge on any atom is -0.325 e. The molecular formula is C15H11F2N5. The zero-order valence-electron chi connectivity index (χ0n) is 11.7. The fourth-order valence-corrected chi connectivity index (χ4v) is 2.39. The third-order valence-corrected chi connectivity index (χ3v) is 3.37. The number of aromatic nitrogens is 4. The van der Waals surface area contributed by atoms with Crippen LogP contribution in [-0.4, -0.2) is 19.5 Å². The van der Waals surface area contributed by atoms with Gasteiger partial charge in [0.25, 0.3) is 6.43 Å². The quantitative estimate of drug-likeness (QED) is 0.687. The number of hydrogen-bond acceptors (Lipinski definition) is 3. The predicted molar refractivity (Wildman–Crippen MR) is 77.7 cm³/mol. The largest absolute Gasteiger partial charge is 0.325 e. The zero-order chi connectivity index (χ0) is 15.7. The molecule has 0 spiro atoms. The van der Waals surface area contributed by atoms with E-state index in [4.69, 9.17) is 6.57 Å². The van der Waals surface area contributed by atoms with Gasteiger partial charge in [0.2, 0.25) is 0 Å². The minimum atomic E-state index is -2.71. The Bertz CT molecular complexity index is 879. The van der Waals surface area contributed by atoms with E-state index >= 15 is 0 Å². The van der Waals surface area contributed by atoms with E-state index in [1.807, 2.05) is 6.92 Å². The Labute approximate surface area is 125 Å². The molecule has 0 aliphatic carbocycles. The summed E-state index contributed by atoms with van der Waals surface area (Å²) in [5, 5.41) is 0. The molecule has 0 aliphatic heterocycles. The normalized spacial score (nSPS) is 11.0. The highest BCUT2D eigenvalue weighted by Crippen LogP contribution is 2.31. The first kappa shape index (κ1) is 14.1. The monoisotopic (exact) mass is 299 g/mol. The Hall–Kier alpha value is -2.88. The van der Waals surface area contributed by atoms with Crippen LogP contribution in [-0.2, 0) is 6.54 Å². The first-order valence-electron chi connectivity index (χ1n) is 6.61. The molecule has 0 unspecified atom stereocenters. The van der Waals surface area contributed by atoms with Crippen molar-refractivity contribution in [2.45, 2.75) is 19.9 Å². The molecule has 0 N–H and O–H groups in total. The van der Waals surface area contributed by atoms with Gasteiger partial charge in [-0.25, -0.2) is 28.6 Å². The number of benzene rings is 1. The van der Waals surface area contributed by atoms with E-state index < -0.39 is 6.43 Å². The second-order valence-electron chi connectivity index (χ2n) is 4.59. The van der Waals surface area contributed by atoms with Crippen LogP contribution in [0.5, 0.6) is 0 Å². The molecule has 0 bridgehead atoms. The topological polar surface area (TPSA) is 48.0 Å². The zero-order valence-corrected chi connectivity index (χ0v) is 11.7. The summed E-state index contributed by atoms with van der Waals surface area (Å²) in [5.74, 6) is 0.385.